The van der Waals surface area contributed by atoms with Gasteiger partial charge in [-0.25, -0.2) is 0 Å². The maximum Gasteiger partial charge on any atom is 0.136 e. The Balaban J connectivity index is 1.13. The minimum Gasteiger partial charge on any atom is -0.456 e. The van der Waals surface area contributed by atoms with Crippen molar-refractivity contribution in [1.82, 2.24) is 4.98 Å². The van der Waals surface area contributed by atoms with Gasteiger partial charge in [-0.2, -0.15) is 0 Å². The highest BCUT2D eigenvalue weighted by molar-refractivity contribution is 6.21. The predicted molar refractivity (Wildman–Crippen MR) is 206 cm³/mol. The molecule has 2 heteroatoms. The third-order valence-corrected chi connectivity index (χ3v) is 9.91. The Kier molecular flexibility index (Phi) is 6.22. The second-order valence-corrected chi connectivity index (χ2v) is 12.7. The van der Waals surface area contributed by atoms with Gasteiger partial charge in [-0.3, -0.25) is 4.98 Å². The van der Waals surface area contributed by atoms with Crippen LogP contribution in [0.4, 0.5) is 0 Å². The molecule has 0 amide bonds. The van der Waals surface area contributed by atoms with E-state index >= 15 is 0 Å². The van der Waals surface area contributed by atoms with Gasteiger partial charge in [0.05, 0.1) is 5.69 Å². The van der Waals surface area contributed by atoms with Gasteiger partial charge in [-0.15, -0.1) is 0 Å². The molecule has 0 aliphatic heterocycles. The predicted octanol–water partition coefficient (Wildman–Crippen LogP) is 13.1. The molecule has 0 fully saturated rings. The largest absolute Gasteiger partial charge is 0.456 e. The Hall–Kier alpha value is -6.51. The van der Waals surface area contributed by atoms with Crippen molar-refractivity contribution in [2.45, 2.75) is 0 Å². The van der Waals surface area contributed by atoms with E-state index in [2.05, 4.69) is 170 Å². The summed E-state index contributed by atoms with van der Waals surface area (Å²) >= 11 is 0. The van der Waals surface area contributed by atoms with Crippen molar-refractivity contribution in [1.29, 1.82) is 0 Å². The highest BCUT2D eigenvalue weighted by Crippen LogP contribution is 2.44. The number of aromatic nitrogens is 1. The summed E-state index contributed by atoms with van der Waals surface area (Å²) in [5, 5.41) is 9.45. The number of fused-ring (bicyclic) bond motifs is 6. The molecule has 0 N–H and O–H groups in total. The van der Waals surface area contributed by atoms with Crippen molar-refractivity contribution in [3.8, 4) is 44.6 Å². The van der Waals surface area contributed by atoms with E-state index in [1.54, 1.807) is 0 Å². The molecule has 8 aromatic carbocycles. The Bertz CT molecular complexity index is 2790. The third-order valence-electron chi connectivity index (χ3n) is 9.91. The van der Waals surface area contributed by atoms with Crippen LogP contribution in [0.25, 0.3) is 98.9 Å². The van der Waals surface area contributed by atoms with Gasteiger partial charge in [-0.1, -0.05) is 146 Å². The van der Waals surface area contributed by atoms with E-state index in [1.165, 1.54) is 54.6 Å². The van der Waals surface area contributed by atoms with Gasteiger partial charge in [0.1, 0.15) is 11.2 Å². The zero-order valence-electron chi connectivity index (χ0n) is 26.6. The van der Waals surface area contributed by atoms with E-state index in [4.69, 9.17) is 9.40 Å². The van der Waals surface area contributed by atoms with Crippen molar-refractivity contribution in [2.24, 2.45) is 0 Å². The smallest absolute Gasteiger partial charge is 0.136 e. The minimum absolute atomic E-state index is 0.885. The van der Waals surface area contributed by atoms with E-state index < -0.39 is 0 Å². The molecule has 49 heavy (non-hydrogen) atoms. The average molecular weight is 624 g/mol. The summed E-state index contributed by atoms with van der Waals surface area (Å²) in [5.41, 5.74) is 11.0. The van der Waals surface area contributed by atoms with Crippen LogP contribution in [0.3, 0.4) is 0 Å². The fraction of sp³-hybridized carbons (Fsp3) is 0. The first-order valence-electron chi connectivity index (χ1n) is 16.7. The SMILES string of the molecule is c1ccc(-c2ccc(-c3c4ccccc4c(-c4ccc(-c5cccc6oc7cc8ccccc8cc7c56)cn4)c4ccccc34)cc2)cc1. The zero-order chi connectivity index (χ0) is 32.3. The number of rotatable bonds is 4. The molecule has 2 heterocycles. The second-order valence-electron chi connectivity index (χ2n) is 12.7. The lowest BCUT2D eigenvalue weighted by Crippen LogP contribution is -1.93. The Morgan fingerprint density at radius 2 is 0.939 bits per heavy atom. The first-order valence-corrected chi connectivity index (χ1v) is 16.7. The molecule has 0 spiro atoms. The van der Waals surface area contributed by atoms with E-state index in [1.807, 2.05) is 6.20 Å². The molecule has 0 bridgehead atoms. The summed E-state index contributed by atoms with van der Waals surface area (Å²) in [6.45, 7) is 0. The fourth-order valence-corrected chi connectivity index (χ4v) is 7.63. The highest BCUT2D eigenvalue weighted by atomic mass is 16.3. The number of hydrogen-bond acceptors (Lipinski definition) is 2. The standard InChI is InChI=1S/C47H29NO/c1-2-11-30(12-3-1)31-21-23-32(24-22-31)45-37-15-6-8-17-39(37)46(40-18-9-7-16-38(40)45)42-26-25-35(29-48-42)36-19-10-20-43-47(36)41-27-33-13-4-5-14-34(33)28-44(41)49-43/h1-29H. The summed E-state index contributed by atoms with van der Waals surface area (Å²) in [4.78, 5) is 5.16. The quantitative estimate of drug-likeness (QED) is 0.182. The molecule has 0 atom stereocenters. The first kappa shape index (κ1) is 27.6. The first-order chi connectivity index (χ1) is 24.3. The lowest BCUT2D eigenvalue weighted by Gasteiger charge is -2.17. The van der Waals surface area contributed by atoms with E-state index in [9.17, 15) is 0 Å². The maximum atomic E-state index is 6.37. The van der Waals surface area contributed by atoms with Gasteiger partial charge < -0.3 is 4.42 Å². The number of furan rings is 1. The molecular weight excluding hydrogens is 595 g/mol. The molecular formula is C47H29NO. The van der Waals surface area contributed by atoms with Crippen molar-refractivity contribution < 1.29 is 4.42 Å². The third kappa shape index (κ3) is 4.46. The van der Waals surface area contributed by atoms with Crippen LogP contribution in [0.5, 0.6) is 0 Å². The number of benzene rings is 8. The van der Waals surface area contributed by atoms with Crippen molar-refractivity contribution in [3.05, 3.63) is 176 Å². The average Bonchev–Trinajstić information content (AvgIpc) is 3.54. The molecule has 2 aromatic heterocycles. The van der Waals surface area contributed by atoms with Crippen LogP contribution in [0, 0.1) is 0 Å². The molecule has 0 saturated heterocycles. The Labute approximate surface area is 283 Å². The molecule has 0 saturated carbocycles. The van der Waals surface area contributed by atoms with Crippen LogP contribution in [-0.2, 0) is 0 Å². The van der Waals surface area contributed by atoms with Crippen molar-refractivity contribution >= 4 is 54.3 Å². The lowest BCUT2D eigenvalue weighted by atomic mass is 9.86. The topological polar surface area (TPSA) is 26.0 Å². The van der Waals surface area contributed by atoms with Gasteiger partial charge in [0.15, 0.2) is 0 Å². The summed E-state index contributed by atoms with van der Waals surface area (Å²) in [6.07, 6.45) is 2.02. The molecule has 10 rings (SSSR count). The Morgan fingerprint density at radius 1 is 0.367 bits per heavy atom. The number of nitrogens with zero attached hydrogens (tertiary/aromatic N) is 1. The van der Waals surface area contributed by atoms with Crippen molar-refractivity contribution in [3.63, 3.8) is 0 Å². The Morgan fingerprint density at radius 3 is 1.61 bits per heavy atom. The molecule has 0 unspecified atom stereocenters. The van der Waals surface area contributed by atoms with Gasteiger partial charge in [0.25, 0.3) is 0 Å². The van der Waals surface area contributed by atoms with E-state index in [0.717, 1.165) is 44.3 Å². The van der Waals surface area contributed by atoms with Crippen LogP contribution in [0.2, 0.25) is 0 Å². The van der Waals surface area contributed by atoms with Crippen LogP contribution < -0.4 is 0 Å². The van der Waals surface area contributed by atoms with E-state index in [0.29, 0.717) is 0 Å². The van der Waals surface area contributed by atoms with E-state index in [-0.39, 0.29) is 0 Å². The normalized spacial score (nSPS) is 11.7. The number of hydrogen-bond donors (Lipinski definition) is 0. The van der Waals surface area contributed by atoms with Crippen LogP contribution in [0.15, 0.2) is 180 Å². The molecule has 228 valence electrons. The summed E-state index contributed by atoms with van der Waals surface area (Å²) in [7, 11) is 0. The molecule has 0 radical (unpaired) electrons. The summed E-state index contributed by atoms with van der Waals surface area (Å²) in [5.74, 6) is 0. The van der Waals surface area contributed by atoms with Crippen molar-refractivity contribution in [2.75, 3.05) is 0 Å². The molecule has 2 nitrogen and oxygen atoms in total. The fourth-order valence-electron chi connectivity index (χ4n) is 7.63. The number of pyridine rings is 1. The van der Waals surface area contributed by atoms with Crippen LogP contribution in [0.1, 0.15) is 0 Å². The summed E-state index contributed by atoms with van der Waals surface area (Å²) in [6, 6.07) is 60.5. The molecule has 0 aliphatic carbocycles. The van der Waals surface area contributed by atoms with Gasteiger partial charge in [-0.05, 0) is 84.4 Å². The highest BCUT2D eigenvalue weighted by Gasteiger charge is 2.18. The molecule has 10 aromatic rings. The minimum atomic E-state index is 0.885. The summed E-state index contributed by atoms with van der Waals surface area (Å²) < 4.78 is 6.37. The lowest BCUT2D eigenvalue weighted by molar-refractivity contribution is 0.669. The molecule has 0 aliphatic rings. The maximum absolute atomic E-state index is 6.37. The monoisotopic (exact) mass is 623 g/mol. The van der Waals surface area contributed by atoms with Gasteiger partial charge in [0.2, 0.25) is 0 Å². The van der Waals surface area contributed by atoms with Crippen LogP contribution >= 0.6 is 0 Å². The van der Waals surface area contributed by atoms with Crippen LogP contribution in [-0.4, -0.2) is 4.98 Å². The zero-order valence-corrected chi connectivity index (χ0v) is 26.6. The second kappa shape index (κ2) is 11.0. The van der Waals surface area contributed by atoms with Gasteiger partial charge >= 0.3 is 0 Å². The van der Waals surface area contributed by atoms with Gasteiger partial charge in [0, 0.05) is 28.1 Å².